The smallest absolute Gasteiger partial charge is 0.282 e. The summed E-state index contributed by atoms with van der Waals surface area (Å²) in [5.41, 5.74) is 4.00. The highest BCUT2D eigenvalue weighted by Gasteiger charge is 2.44. The molecule has 4 rings (SSSR count). The van der Waals surface area contributed by atoms with Crippen molar-refractivity contribution in [1.82, 2.24) is 20.5 Å². The lowest BCUT2D eigenvalue weighted by atomic mass is 10.0. The molecule has 2 aromatic heterocycles. The molecule has 1 aromatic carbocycles. The van der Waals surface area contributed by atoms with Crippen LogP contribution < -0.4 is 10.2 Å². The molecule has 0 bridgehead atoms. The number of rotatable bonds is 5. The first-order valence-corrected chi connectivity index (χ1v) is 8.46. The number of fused-ring (bicyclic) bond motifs is 1. The number of hydrogen-bond donors (Lipinski definition) is 3. The van der Waals surface area contributed by atoms with Gasteiger partial charge in [0.25, 0.3) is 5.92 Å². The van der Waals surface area contributed by atoms with E-state index < -0.39 is 5.92 Å². The number of halogens is 2. The molecular weight excluding hydrogens is 350 g/mol. The van der Waals surface area contributed by atoms with Crippen molar-refractivity contribution in [2.45, 2.75) is 5.92 Å². The molecule has 0 unspecified atom stereocenters. The van der Waals surface area contributed by atoms with Crippen LogP contribution in [0.15, 0.2) is 42.7 Å². The summed E-state index contributed by atoms with van der Waals surface area (Å²) in [6.45, 7) is -0.626. The van der Waals surface area contributed by atoms with Crippen LogP contribution in [0.25, 0.3) is 27.7 Å². The van der Waals surface area contributed by atoms with E-state index in [0.717, 1.165) is 33.3 Å². The molecule has 27 heavy (non-hydrogen) atoms. The Morgan fingerprint density at radius 1 is 1.30 bits per heavy atom. The summed E-state index contributed by atoms with van der Waals surface area (Å²) in [4.78, 5) is 5.76. The van der Waals surface area contributed by atoms with Gasteiger partial charge in [-0.2, -0.15) is 5.10 Å². The molecule has 0 aliphatic carbocycles. The minimum Gasteiger partial charge on any atom is -0.393 e. The van der Waals surface area contributed by atoms with Crippen LogP contribution in [0, 0.1) is 5.41 Å². The number of nitrogens with one attached hydrogen (secondary N) is 3. The van der Waals surface area contributed by atoms with Crippen molar-refractivity contribution >= 4 is 28.5 Å². The van der Waals surface area contributed by atoms with Gasteiger partial charge in [0.2, 0.25) is 0 Å². The van der Waals surface area contributed by atoms with Gasteiger partial charge >= 0.3 is 0 Å². The number of H-pyrrole nitrogens is 1. The third-order valence-electron chi connectivity index (χ3n) is 4.54. The maximum atomic E-state index is 13.2. The van der Waals surface area contributed by atoms with E-state index in [4.69, 9.17) is 5.41 Å². The second kappa shape index (κ2) is 6.46. The third kappa shape index (κ3) is 3.14. The highest BCUT2D eigenvalue weighted by atomic mass is 19.3. The number of nitrogens with zero attached hydrogens (tertiary/aromatic N) is 3. The maximum Gasteiger partial charge on any atom is 0.282 e. The zero-order chi connectivity index (χ0) is 19.0. The fraction of sp³-hybridized carbons (Fsp3) is 0.211. The predicted molar refractivity (Wildman–Crippen MR) is 102 cm³/mol. The van der Waals surface area contributed by atoms with Gasteiger partial charge in [-0.15, -0.1) is 0 Å². The second-order valence-electron chi connectivity index (χ2n) is 6.48. The summed E-state index contributed by atoms with van der Waals surface area (Å²) < 4.78 is 26.3. The topological polar surface area (TPSA) is 80.7 Å². The quantitative estimate of drug-likeness (QED) is 0.604. The molecule has 3 N–H and O–H groups in total. The molecule has 1 fully saturated rings. The van der Waals surface area contributed by atoms with Crippen LogP contribution in [0.1, 0.15) is 5.56 Å². The first kappa shape index (κ1) is 17.1. The first-order chi connectivity index (χ1) is 13.0. The zero-order valence-corrected chi connectivity index (χ0v) is 14.6. The lowest BCUT2D eigenvalue weighted by Gasteiger charge is -2.39. The monoisotopic (exact) mass is 368 g/mol. The van der Waals surface area contributed by atoms with Crippen molar-refractivity contribution in [3.05, 3.63) is 48.3 Å². The number of alkyl halides is 2. The normalized spacial score (nSPS) is 16.3. The van der Waals surface area contributed by atoms with Crippen LogP contribution in [0.2, 0.25) is 0 Å². The van der Waals surface area contributed by atoms with Crippen molar-refractivity contribution in [2.75, 3.05) is 25.0 Å². The number of anilines is 1. The molecule has 3 heterocycles. The summed E-state index contributed by atoms with van der Waals surface area (Å²) in [6.07, 6.45) is 4.64. The van der Waals surface area contributed by atoms with E-state index in [9.17, 15) is 8.78 Å². The lowest BCUT2D eigenvalue weighted by molar-refractivity contribution is -0.0266. The van der Waals surface area contributed by atoms with Gasteiger partial charge in [-0.1, -0.05) is 6.07 Å². The van der Waals surface area contributed by atoms with Crippen molar-refractivity contribution in [3.63, 3.8) is 0 Å². The Morgan fingerprint density at radius 2 is 2.11 bits per heavy atom. The minimum absolute atomic E-state index is 0.313. The van der Waals surface area contributed by atoms with Crippen LogP contribution in [-0.4, -0.2) is 47.5 Å². The molecule has 3 aromatic rings. The van der Waals surface area contributed by atoms with Gasteiger partial charge in [-0.3, -0.25) is 5.10 Å². The van der Waals surface area contributed by atoms with Crippen molar-refractivity contribution in [3.8, 4) is 11.3 Å². The summed E-state index contributed by atoms with van der Waals surface area (Å²) in [5, 5.41) is 18.8. The van der Waals surface area contributed by atoms with E-state index >= 15 is 0 Å². The summed E-state index contributed by atoms with van der Waals surface area (Å²) in [7, 11) is 1.78. The van der Waals surface area contributed by atoms with E-state index in [1.165, 1.54) is 6.21 Å². The molecule has 8 heteroatoms. The molecule has 1 saturated heterocycles. The molecular formula is C19H18F2N6. The van der Waals surface area contributed by atoms with Crippen molar-refractivity contribution < 1.29 is 8.78 Å². The fourth-order valence-corrected chi connectivity index (χ4v) is 3.19. The summed E-state index contributed by atoms with van der Waals surface area (Å²) >= 11 is 0. The zero-order valence-electron chi connectivity index (χ0n) is 14.6. The summed E-state index contributed by atoms with van der Waals surface area (Å²) in [5.74, 6) is -2.13. The van der Waals surface area contributed by atoms with Gasteiger partial charge in [0, 0.05) is 42.2 Å². The minimum atomic E-state index is -2.64. The predicted octanol–water partition coefficient (Wildman–Crippen LogP) is 3.29. The van der Waals surface area contributed by atoms with Gasteiger partial charge in [-0.25, -0.2) is 13.8 Å². The van der Waals surface area contributed by atoms with Gasteiger partial charge < -0.3 is 15.6 Å². The number of hydrogen-bond acceptors (Lipinski definition) is 5. The number of aromatic amines is 1. The standard InChI is InChI=1S/C19H18F2N6/c1-23-9-14(8-22)12-2-3-16-15(6-12)18(26-25-16)13-4-5-24-17(7-13)27-10-19(20,21)11-27/h2-9,22-23H,10-11H2,1H3,(H,25,26)/b14-9+,22-8?. The van der Waals surface area contributed by atoms with E-state index in [1.54, 1.807) is 30.4 Å². The van der Waals surface area contributed by atoms with E-state index in [-0.39, 0.29) is 13.1 Å². The number of aromatic nitrogens is 3. The average Bonchev–Trinajstić information content (AvgIpc) is 3.07. The Kier molecular flexibility index (Phi) is 4.10. The van der Waals surface area contributed by atoms with Gasteiger partial charge in [0.05, 0.1) is 18.6 Å². The second-order valence-corrected chi connectivity index (χ2v) is 6.48. The molecule has 0 radical (unpaired) electrons. The van der Waals surface area contributed by atoms with E-state index in [1.807, 2.05) is 24.3 Å². The van der Waals surface area contributed by atoms with Crippen LogP contribution in [-0.2, 0) is 0 Å². The molecule has 1 aliphatic rings. The number of allylic oxidation sites excluding steroid dienone is 1. The Bertz CT molecular complexity index is 1030. The Hall–Kier alpha value is -3.29. The largest absolute Gasteiger partial charge is 0.393 e. The molecule has 0 atom stereocenters. The van der Waals surface area contributed by atoms with E-state index in [2.05, 4.69) is 20.5 Å². The van der Waals surface area contributed by atoms with Gasteiger partial charge in [-0.05, 0) is 29.8 Å². The van der Waals surface area contributed by atoms with Crippen LogP contribution in [0.4, 0.5) is 14.6 Å². The molecule has 0 saturated carbocycles. The average molecular weight is 368 g/mol. The molecule has 0 amide bonds. The number of pyridine rings is 1. The molecule has 1 aliphatic heterocycles. The molecule has 6 nitrogen and oxygen atoms in total. The Balaban J connectivity index is 1.74. The van der Waals surface area contributed by atoms with Crippen molar-refractivity contribution in [2.24, 2.45) is 0 Å². The first-order valence-electron chi connectivity index (χ1n) is 8.46. The van der Waals surface area contributed by atoms with Gasteiger partial charge in [0.1, 0.15) is 11.5 Å². The Labute approximate surface area is 154 Å². The van der Waals surface area contributed by atoms with E-state index in [0.29, 0.717) is 5.82 Å². The van der Waals surface area contributed by atoms with Crippen molar-refractivity contribution in [1.29, 1.82) is 5.41 Å². The third-order valence-corrected chi connectivity index (χ3v) is 4.54. The van der Waals surface area contributed by atoms with Gasteiger partial charge in [0.15, 0.2) is 0 Å². The van der Waals surface area contributed by atoms with Crippen LogP contribution in [0.3, 0.4) is 0 Å². The summed E-state index contributed by atoms with van der Waals surface area (Å²) in [6, 6.07) is 9.37. The van der Waals surface area contributed by atoms with Crippen LogP contribution >= 0.6 is 0 Å². The molecule has 0 spiro atoms. The highest BCUT2D eigenvalue weighted by molar-refractivity contribution is 6.09. The Morgan fingerprint density at radius 3 is 2.81 bits per heavy atom. The maximum absolute atomic E-state index is 13.2. The van der Waals surface area contributed by atoms with Crippen LogP contribution in [0.5, 0.6) is 0 Å². The fourth-order valence-electron chi connectivity index (χ4n) is 3.19. The highest BCUT2D eigenvalue weighted by Crippen LogP contribution is 2.34. The molecule has 138 valence electrons. The SMILES string of the molecule is CN/C=C(\C=N)c1ccc2[nH]nc(-c3ccnc(N4CC(F)(F)C4)c3)c2c1. The number of benzene rings is 1. The lowest BCUT2D eigenvalue weighted by Crippen LogP contribution is -2.56.